The van der Waals surface area contributed by atoms with Crippen molar-refractivity contribution in [2.45, 2.75) is 18.0 Å². The third-order valence-corrected chi connectivity index (χ3v) is 5.83. The molecule has 2 aromatic heterocycles. The molecule has 0 saturated heterocycles. The maximum Gasteiger partial charge on any atom is 0.240 e. The van der Waals surface area contributed by atoms with Crippen molar-refractivity contribution in [1.82, 2.24) is 9.88 Å². The molecule has 3 aromatic rings. The quantitative estimate of drug-likeness (QED) is 0.784. The van der Waals surface area contributed by atoms with Gasteiger partial charge < -0.3 is 9.26 Å². The summed E-state index contributed by atoms with van der Waals surface area (Å²) >= 11 is 1.50. The molecule has 0 unspecified atom stereocenters. The van der Waals surface area contributed by atoms with Crippen LogP contribution in [0.25, 0.3) is 11.3 Å². The van der Waals surface area contributed by atoms with Gasteiger partial charge in [-0.15, -0.1) is 11.3 Å². The van der Waals surface area contributed by atoms with Crippen LogP contribution in [0.2, 0.25) is 0 Å². The first-order chi connectivity index (χ1) is 11.1. The van der Waals surface area contributed by atoms with Crippen molar-refractivity contribution in [1.29, 1.82) is 0 Å². The van der Waals surface area contributed by atoms with Gasteiger partial charge in [0.05, 0.1) is 22.2 Å². The van der Waals surface area contributed by atoms with E-state index in [2.05, 4.69) is 9.88 Å². The minimum Gasteiger partial charge on any atom is -0.488 e. The highest BCUT2D eigenvalue weighted by Crippen LogP contribution is 2.38. The molecule has 118 valence electrons. The fourth-order valence-electron chi connectivity index (χ4n) is 2.38. The molecular weight excluding hydrogens is 336 g/mol. The summed E-state index contributed by atoms with van der Waals surface area (Å²) in [6.45, 7) is 0.635. The zero-order valence-electron chi connectivity index (χ0n) is 11.9. The van der Waals surface area contributed by atoms with E-state index >= 15 is 0 Å². The van der Waals surface area contributed by atoms with Crippen LogP contribution in [0.3, 0.4) is 0 Å². The van der Waals surface area contributed by atoms with Gasteiger partial charge in [-0.3, -0.25) is 0 Å². The number of nitrogens with one attached hydrogen (secondary N) is 1. The monoisotopic (exact) mass is 348 g/mol. The van der Waals surface area contributed by atoms with E-state index in [1.807, 2.05) is 17.5 Å². The molecule has 0 fully saturated rings. The van der Waals surface area contributed by atoms with Crippen molar-refractivity contribution in [3.05, 3.63) is 52.3 Å². The lowest BCUT2D eigenvalue weighted by atomic mass is 10.1. The van der Waals surface area contributed by atoms with E-state index in [4.69, 9.17) is 9.26 Å². The van der Waals surface area contributed by atoms with Crippen molar-refractivity contribution >= 4 is 21.4 Å². The summed E-state index contributed by atoms with van der Waals surface area (Å²) in [6.07, 6.45) is 1.58. The van der Waals surface area contributed by atoms with E-state index in [1.165, 1.54) is 17.4 Å². The average Bonchev–Trinajstić information content (AvgIpc) is 3.23. The number of ether oxygens (including phenoxy) is 1. The van der Waals surface area contributed by atoms with Gasteiger partial charge in [-0.2, -0.15) is 0 Å². The number of thiophene rings is 1. The molecule has 0 radical (unpaired) electrons. The van der Waals surface area contributed by atoms with Gasteiger partial charge in [0.15, 0.2) is 5.76 Å². The highest BCUT2D eigenvalue weighted by molar-refractivity contribution is 7.89. The first-order valence-electron chi connectivity index (χ1n) is 6.86. The van der Waals surface area contributed by atoms with Crippen LogP contribution in [0.1, 0.15) is 10.4 Å². The van der Waals surface area contributed by atoms with Crippen molar-refractivity contribution in [3.63, 3.8) is 0 Å². The first kappa shape index (κ1) is 14.4. The molecule has 3 heterocycles. The lowest BCUT2D eigenvalue weighted by Crippen LogP contribution is -2.23. The van der Waals surface area contributed by atoms with Crippen LogP contribution in [-0.4, -0.2) is 13.6 Å². The van der Waals surface area contributed by atoms with E-state index in [0.717, 1.165) is 10.4 Å². The highest BCUT2D eigenvalue weighted by Gasteiger charge is 2.24. The fourth-order valence-corrected chi connectivity index (χ4v) is 4.15. The minimum atomic E-state index is -3.62. The SMILES string of the molecule is O=S(=O)(NCc1cccs1)c1ccc2c(c1)-c1oncc1CO2. The molecular formula is C15H12N2O4S2. The molecule has 4 rings (SSSR count). The van der Waals surface area contributed by atoms with E-state index in [1.54, 1.807) is 18.3 Å². The van der Waals surface area contributed by atoms with Crippen LogP contribution < -0.4 is 9.46 Å². The summed E-state index contributed by atoms with van der Waals surface area (Å²) < 4.78 is 38.3. The molecule has 1 aliphatic rings. The lowest BCUT2D eigenvalue weighted by molar-refractivity contribution is 0.297. The Labute approximate surface area is 136 Å². The molecule has 1 aliphatic heterocycles. The molecule has 0 amide bonds. The number of hydrogen-bond donors (Lipinski definition) is 1. The standard InChI is InChI=1S/C15H12N2O4S2/c18-23(19,17-8-11-2-1-5-22-11)12-3-4-14-13(6-12)15-10(9-20-14)7-16-21-15/h1-7,17H,8-9H2. The maximum atomic E-state index is 12.5. The van der Waals surface area contributed by atoms with Gasteiger partial charge in [-0.1, -0.05) is 11.2 Å². The smallest absolute Gasteiger partial charge is 0.240 e. The number of nitrogens with zero attached hydrogens (tertiary/aromatic N) is 1. The van der Waals surface area contributed by atoms with E-state index in [9.17, 15) is 8.42 Å². The Morgan fingerprint density at radius 3 is 3.04 bits per heavy atom. The second-order valence-electron chi connectivity index (χ2n) is 5.03. The largest absolute Gasteiger partial charge is 0.488 e. The summed E-state index contributed by atoms with van der Waals surface area (Å²) in [5.74, 6) is 1.15. The second-order valence-corrected chi connectivity index (χ2v) is 7.83. The Balaban J connectivity index is 1.66. The first-order valence-corrected chi connectivity index (χ1v) is 9.22. The van der Waals surface area contributed by atoms with Crippen LogP contribution in [0, 0.1) is 0 Å². The summed E-state index contributed by atoms with van der Waals surface area (Å²) in [5.41, 5.74) is 1.40. The molecule has 6 nitrogen and oxygen atoms in total. The molecule has 1 N–H and O–H groups in total. The predicted molar refractivity (Wildman–Crippen MR) is 84.6 cm³/mol. The van der Waals surface area contributed by atoms with Gasteiger partial charge in [0.1, 0.15) is 12.4 Å². The van der Waals surface area contributed by atoms with Crippen molar-refractivity contribution in [2.24, 2.45) is 0 Å². The predicted octanol–water partition coefficient (Wildman–Crippen LogP) is 2.77. The van der Waals surface area contributed by atoms with Crippen LogP contribution in [0.5, 0.6) is 5.75 Å². The van der Waals surface area contributed by atoms with Crippen LogP contribution in [-0.2, 0) is 23.2 Å². The molecule has 23 heavy (non-hydrogen) atoms. The maximum absolute atomic E-state index is 12.5. The van der Waals surface area contributed by atoms with Crippen molar-refractivity contribution < 1.29 is 17.7 Å². The number of rotatable bonds is 4. The van der Waals surface area contributed by atoms with E-state index < -0.39 is 10.0 Å². The van der Waals surface area contributed by atoms with E-state index in [0.29, 0.717) is 23.7 Å². The molecule has 0 bridgehead atoms. The zero-order valence-corrected chi connectivity index (χ0v) is 13.5. The van der Waals surface area contributed by atoms with Gasteiger partial charge in [-0.25, -0.2) is 13.1 Å². The van der Waals surface area contributed by atoms with Gasteiger partial charge in [0, 0.05) is 11.4 Å². The summed E-state index contributed by atoms with van der Waals surface area (Å²) in [7, 11) is -3.62. The Hall–Kier alpha value is -2.16. The Morgan fingerprint density at radius 2 is 2.22 bits per heavy atom. The Morgan fingerprint density at radius 1 is 1.30 bits per heavy atom. The van der Waals surface area contributed by atoms with Gasteiger partial charge >= 0.3 is 0 Å². The summed E-state index contributed by atoms with van der Waals surface area (Å²) in [5, 5.41) is 5.65. The topological polar surface area (TPSA) is 81.4 Å². The molecule has 0 spiro atoms. The molecule has 0 saturated carbocycles. The number of sulfonamides is 1. The molecule has 0 aliphatic carbocycles. The highest BCUT2D eigenvalue weighted by atomic mass is 32.2. The van der Waals surface area contributed by atoms with Crippen LogP contribution >= 0.6 is 11.3 Å². The van der Waals surface area contributed by atoms with Gasteiger partial charge in [0.2, 0.25) is 10.0 Å². The number of benzene rings is 1. The van der Waals surface area contributed by atoms with Crippen molar-refractivity contribution in [3.8, 4) is 17.1 Å². The Kier molecular flexibility index (Phi) is 3.44. The normalized spacial score (nSPS) is 13.2. The van der Waals surface area contributed by atoms with Crippen molar-refractivity contribution in [2.75, 3.05) is 0 Å². The van der Waals surface area contributed by atoms with E-state index in [-0.39, 0.29) is 11.4 Å². The third-order valence-electron chi connectivity index (χ3n) is 3.55. The average molecular weight is 348 g/mol. The zero-order chi connectivity index (χ0) is 15.9. The molecule has 1 aromatic carbocycles. The van der Waals surface area contributed by atoms with Crippen LogP contribution in [0.4, 0.5) is 0 Å². The summed E-state index contributed by atoms with van der Waals surface area (Å²) in [6, 6.07) is 8.48. The minimum absolute atomic E-state index is 0.167. The van der Waals surface area contributed by atoms with Crippen LogP contribution in [0.15, 0.2) is 51.3 Å². The molecule has 0 atom stereocenters. The molecule has 8 heteroatoms. The Bertz CT molecular complexity index is 946. The number of hydrogen-bond acceptors (Lipinski definition) is 6. The lowest BCUT2D eigenvalue weighted by Gasteiger charge is -2.16. The summed E-state index contributed by atoms with van der Waals surface area (Å²) in [4.78, 5) is 1.12. The van der Waals surface area contributed by atoms with Gasteiger partial charge in [0.25, 0.3) is 0 Å². The number of fused-ring (bicyclic) bond motifs is 3. The third kappa shape index (κ3) is 2.65. The fraction of sp³-hybridized carbons (Fsp3) is 0.133. The number of aromatic nitrogens is 1. The van der Waals surface area contributed by atoms with Gasteiger partial charge in [-0.05, 0) is 29.6 Å². The second kappa shape index (κ2) is 5.48.